The van der Waals surface area contributed by atoms with Gasteiger partial charge in [0.2, 0.25) is 11.9 Å². The third kappa shape index (κ3) is 2.66. The first-order valence-corrected chi connectivity index (χ1v) is 11.0. The van der Waals surface area contributed by atoms with E-state index in [1.807, 2.05) is 11.1 Å². The molecular weight excluding hydrogens is 374 g/mol. The van der Waals surface area contributed by atoms with E-state index < -0.39 is 11.0 Å². The standard InChI is InChI=1S/C20H23N5O2S/c1-12-3-2-4-16(12)25-17-15(20(9-10-20)18(25)26)11-22-19(24-17)23-13-5-7-14(8-6-13)28(21)27/h5-8,11-12,16H,2-4,9-10,21H2,1H3,(H,22,23,24). The second kappa shape index (κ2) is 6.35. The van der Waals surface area contributed by atoms with Crippen LogP contribution in [0, 0.1) is 5.92 Å². The maximum Gasteiger partial charge on any atom is 0.239 e. The summed E-state index contributed by atoms with van der Waals surface area (Å²) >= 11 is 0. The van der Waals surface area contributed by atoms with Crippen molar-refractivity contribution in [3.63, 3.8) is 0 Å². The van der Waals surface area contributed by atoms with Crippen molar-refractivity contribution in [2.75, 3.05) is 10.2 Å². The minimum Gasteiger partial charge on any atom is -0.324 e. The fourth-order valence-corrected chi connectivity index (χ4v) is 5.03. The summed E-state index contributed by atoms with van der Waals surface area (Å²) in [4.78, 5) is 25.0. The molecule has 0 saturated heterocycles. The van der Waals surface area contributed by atoms with Crippen LogP contribution in [-0.2, 0) is 21.2 Å². The third-order valence-corrected chi connectivity index (χ3v) is 7.12. The van der Waals surface area contributed by atoms with Crippen LogP contribution in [0.2, 0.25) is 0 Å². The highest BCUT2D eigenvalue weighted by atomic mass is 32.2. The van der Waals surface area contributed by atoms with Crippen LogP contribution in [0.5, 0.6) is 0 Å². The van der Waals surface area contributed by atoms with Crippen molar-refractivity contribution >= 4 is 34.3 Å². The first-order chi connectivity index (χ1) is 13.5. The number of nitrogens with zero attached hydrogens (tertiary/aromatic N) is 3. The van der Waals surface area contributed by atoms with Crippen LogP contribution in [0.4, 0.5) is 17.5 Å². The maximum atomic E-state index is 13.2. The SMILES string of the molecule is CC1CCCC1N1C(=O)C2(CC2)c2cnc(Nc3ccc(S(N)=O)cc3)nc21. The van der Waals surface area contributed by atoms with Crippen molar-refractivity contribution in [1.29, 1.82) is 0 Å². The highest BCUT2D eigenvalue weighted by Crippen LogP contribution is 2.58. The molecule has 3 N–H and O–H groups in total. The molecule has 2 aromatic rings. The smallest absolute Gasteiger partial charge is 0.239 e. The lowest BCUT2D eigenvalue weighted by Gasteiger charge is -2.28. The lowest BCUT2D eigenvalue weighted by molar-refractivity contribution is -0.120. The molecule has 1 aliphatic heterocycles. The molecule has 1 aromatic carbocycles. The van der Waals surface area contributed by atoms with Gasteiger partial charge in [-0.2, -0.15) is 4.98 Å². The van der Waals surface area contributed by atoms with Gasteiger partial charge >= 0.3 is 0 Å². The summed E-state index contributed by atoms with van der Waals surface area (Å²) < 4.78 is 11.3. The van der Waals surface area contributed by atoms with Crippen LogP contribution in [0.3, 0.4) is 0 Å². The van der Waals surface area contributed by atoms with Crippen LogP contribution in [0.15, 0.2) is 35.4 Å². The summed E-state index contributed by atoms with van der Waals surface area (Å²) in [5.74, 6) is 1.93. The van der Waals surface area contributed by atoms with E-state index in [4.69, 9.17) is 10.1 Å². The first-order valence-electron chi connectivity index (χ1n) is 9.74. The van der Waals surface area contributed by atoms with Gasteiger partial charge in [-0.15, -0.1) is 0 Å². The van der Waals surface area contributed by atoms with Crippen molar-refractivity contribution in [2.24, 2.45) is 11.1 Å². The minimum absolute atomic E-state index is 0.211. The number of amides is 1. The van der Waals surface area contributed by atoms with Crippen LogP contribution in [-0.4, -0.2) is 26.1 Å². The van der Waals surface area contributed by atoms with Gasteiger partial charge in [0.25, 0.3) is 0 Å². The third-order valence-electron chi connectivity index (χ3n) is 6.38. The molecule has 1 amide bonds. The zero-order chi connectivity index (χ0) is 19.5. The summed E-state index contributed by atoms with van der Waals surface area (Å²) in [5.41, 5.74) is 1.39. The molecule has 2 aliphatic carbocycles. The summed E-state index contributed by atoms with van der Waals surface area (Å²) in [5, 5.41) is 8.58. The minimum atomic E-state index is -1.50. The van der Waals surface area contributed by atoms with E-state index >= 15 is 0 Å². The molecule has 3 aliphatic rings. The Labute approximate surface area is 166 Å². The van der Waals surface area contributed by atoms with Gasteiger partial charge in [0, 0.05) is 23.5 Å². The molecule has 7 nitrogen and oxygen atoms in total. The van der Waals surface area contributed by atoms with E-state index in [1.165, 1.54) is 0 Å². The number of benzene rings is 1. The van der Waals surface area contributed by atoms with Gasteiger partial charge in [0.15, 0.2) is 0 Å². The Morgan fingerprint density at radius 1 is 1.25 bits per heavy atom. The second-order valence-electron chi connectivity index (χ2n) is 8.11. The summed E-state index contributed by atoms with van der Waals surface area (Å²) in [7, 11) is -1.50. The van der Waals surface area contributed by atoms with E-state index in [-0.39, 0.29) is 17.4 Å². The largest absolute Gasteiger partial charge is 0.324 e. The summed E-state index contributed by atoms with van der Waals surface area (Å²) in [6.45, 7) is 2.23. The number of hydrogen-bond donors (Lipinski definition) is 2. The van der Waals surface area contributed by atoms with Crippen LogP contribution >= 0.6 is 0 Å². The zero-order valence-corrected chi connectivity index (χ0v) is 16.5. The van der Waals surface area contributed by atoms with Gasteiger partial charge in [0.05, 0.1) is 10.3 Å². The number of fused-ring (bicyclic) bond motifs is 2. The highest BCUT2D eigenvalue weighted by molar-refractivity contribution is 7.82. The average Bonchev–Trinajstić information content (AvgIpc) is 3.33. The number of aromatic nitrogens is 2. The normalized spacial score (nSPS) is 25.8. The van der Waals surface area contributed by atoms with Crippen molar-refractivity contribution in [2.45, 2.75) is 55.4 Å². The molecule has 2 saturated carbocycles. The fraction of sp³-hybridized carbons (Fsp3) is 0.450. The number of nitrogens with two attached hydrogens (primary N) is 1. The predicted molar refractivity (Wildman–Crippen MR) is 108 cm³/mol. The lowest BCUT2D eigenvalue weighted by Crippen LogP contribution is -2.42. The van der Waals surface area contributed by atoms with E-state index in [0.717, 1.165) is 49.2 Å². The van der Waals surface area contributed by atoms with Crippen LogP contribution < -0.4 is 15.4 Å². The first kappa shape index (κ1) is 17.8. The number of nitrogens with one attached hydrogen (secondary N) is 1. The molecule has 2 fully saturated rings. The molecule has 1 aromatic heterocycles. The van der Waals surface area contributed by atoms with E-state index in [1.54, 1.807) is 24.3 Å². The van der Waals surface area contributed by atoms with E-state index in [2.05, 4.69) is 17.2 Å². The Bertz CT molecular complexity index is 973. The second-order valence-corrected chi connectivity index (χ2v) is 9.18. The number of carbonyl (C=O) groups is 1. The van der Waals surface area contributed by atoms with Crippen molar-refractivity contribution in [1.82, 2.24) is 9.97 Å². The van der Waals surface area contributed by atoms with Gasteiger partial charge in [-0.25, -0.2) is 14.3 Å². The molecule has 8 heteroatoms. The van der Waals surface area contributed by atoms with Gasteiger partial charge in [-0.05, 0) is 55.9 Å². The molecule has 0 radical (unpaired) electrons. The molecule has 3 unspecified atom stereocenters. The Kier molecular flexibility index (Phi) is 4.03. The maximum absolute atomic E-state index is 13.2. The molecule has 0 bridgehead atoms. The van der Waals surface area contributed by atoms with Crippen molar-refractivity contribution < 1.29 is 9.00 Å². The topological polar surface area (TPSA) is 101 Å². The highest BCUT2D eigenvalue weighted by Gasteiger charge is 2.61. The molecular formula is C20H23N5O2S. The molecule has 28 heavy (non-hydrogen) atoms. The van der Waals surface area contributed by atoms with Crippen LogP contribution in [0.1, 0.15) is 44.6 Å². The quantitative estimate of drug-likeness (QED) is 0.826. The Morgan fingerprint density at radius 3 is 2.61 bits per heavy atom. The summed E-state index contributed by atoms with van der Waals surface area (Å²) in [6.07, 6.45) is 6.95. The number of rotatable bonds is 4. The summed E-state index contributed by atoms with van der Waals surface area (Å²) in [6, 6.07) is 7.23. The van der Waals surface area contributed by atoms with Gasteiger partial charge < -0.3 is 5.32 Å². The van der Waals surface area contributed by atoms with E-state index in [0.29, 0.717) is 16.8 Å². The molecule has 1 spiro atoms. The van der Waals surface area contributed by atoms with E-state index in [9.17, 15) is 9.00 Å². The molecule has 3 atom stereocenters. The Hall–Kier alpha value is -2.32. The van der Waals surface area contributed by atoms with Gasteiger partial charge in [-0.3, -0.25) is 9.69 Å². The number of hydrogen-bond acceptors (Lipinski definition) is 5. The van der Waals surface area contributed by atoms with Crippen LogP contribution in [0.25, 0.3) is 0 Å². The Morgan fingerprint density at radius 2 is 2.00 bits per heavy atom. The molecule has 5 rings (SSSR count). The van der Waals surface area contributed by atoms with Crippen molar-refractivity contribution in [3.05, 3.63) is 36.0 Å². The van der Waals surface area contributed by atoms with Gasteiger partial charge in [0.1, 0.15) is 16.8 Å². The molecule has 2 heterocycles. The fourth-order valence-electron chi connectivity index (χ4n) is 4.62. The number of anilines is 3. The number of carbonyl (C=O) groups excluding carboxylic acids is 1. The lowest BCUT2D eigenvalue weighted by atomic mass is 10.0. The van der Waals surface area contributed by atoms with Gasteiger partial charge in [-0.1, -0.05) is 13.3 Å². The zero-order valence-electron chi connectivity index (χ0n) is 15.7. The Balaban J connectivity index is 1.48. The predicted octanol–water partition coefficient (Wildman–Crippen LogP) is 2.77. The van der Waals surface area contributed by atoms with Crippen molar-refractivity contribution in [3.8, 4) is 0 Å². The monoisotopic (exact) mass is 397 g/mol. The molecule has 146 valence electrons. The average molecular weight is 398 g/mol.